The molecule has 5 amide bonds. The van der Waals surface area contributed by atoms with Crippen LogP contribution in [0.1, 0.15) is 46.0 Å². The molecular formula is C41H49N7O10. The molecule has 308 valence electrons. The number of nitrogens with zero attached hydrogens (tertiary/aromatic N) is 4. The fraction of sp³-hybridized carbons (Fsp3) is 0.390. The Morgan fingerprint density at radius 2 is 1.62 bits per heavy atom. The van der Waals surface area contributed by atoms with E-state index in [0.717, 1.165) is 27.0 Å². The number of fused-ring (bicyclic) bond motifs is 2. The van der Waals surface area contributed by atoms with Gasteiger partial charge in [0.2, 0.25) is 18.2 Å². The maximum absolute atomic E-state index is 13.2. The van der Waals surface area contributed by atoms with E-state index in [1.54, 1.807) is 65.0 Å². The van der Waals surface area contributed by atoms with Crippen LogP contribution >= 0.6 is 0 Å². The van der Waals surface area contributed by atoms with Gasteiger partial charge in [-0.05, 0) is 61.7 Å². The lowest BCUT2D eigenvalue weighted by atomic mass is 9.99. The number of hydrogen-bond donors (Lipinski definition) is 3. The molecule has 0 saturated heterocycles. The van der Waals surface area contributed by atoms with Gasteiger partial charge in [0.25, 0.3) is 17.4 Å². The minimum Gasteiger partial charge on any atom is -0.496 e. The normalized spacial score (nSPS) is 12.8. The first-order chi connectivity index (χ1) is 28.0. The van der Waals surface area contributed by atoms with Crippen LogP contribution < -0.4 is 31.0 Å². The number of hydrogen-bond acceptors (Lipinski definition) is 13. The van der Waals surface area contributed by atoms with Gasteiger partial charge >= 0.3 is 0 Å². The highest BCUT2D eigenvalue weighted by molar-refractivity contribution is 6.24. The standard InChI is InChI=1S/C41H49N7O10/c1-26(9-10-36(50)45-25-49)48-40(53)29-7-6-8-33(38(29)41(48)54)43-13-15-57-17-18-58-16-14-44-37(51)24-46(2)22-32-34(55-4)19-27(20-35(32)56-5)31-23-47(3)39(52)30-21-42-12-11-28(30)31/h6-8,11-12,19-21,23,25-26,43H,9-10,13-18,22,24H2,1-5H3,(H,44,51)(H,45,49,50). The second kappa shape index (κ2) is 20.3. The van der Waals surface area contributed by atoms with Crippen molar-refractivity contribution in [3.8, 4) is 22.6 Å². The van der Waals surface area contributed by atoms with E-state index >= 15 is 0 Å². The lowest BCUT2D eigenvalue weighted by Gasteiger charge is -2.22. The van der Waals surface area contributed by atoms with Gasteiger partial charge < -0.3 is 34.1 Å². The van der Waals surface area contributed by atoms with Crippen LogP contribution in [0.25, 0.3) is 21.9 Å². The first-order valence-electron chi connectivity index (χ1n) is 18.8. The van der Waals surface area contributed by atoms with Crippen molar-refractivity contribution in [2.75, 3.05) is 72.6 Å². The van der Waals surface area contributed by atoms with Gasteiger partial charge in [-0.1, -0.05) is 6.07 Å². The molecule has 4 aromatic rings. The van der Waals surface area contributed by atoms with Crippen molar-refractivity contribution in [1.29, 1.82) is 0 Å². The zero-order chi connectivity index (χ0) is 41.8. The van der Waals surface area contributed by atoms with Crippen molar-refractivity contribution in [1.82, 2.24) is 30.0 Å². The molecule has 3 N–H and O–H groups in total. The Labute approximate surface area is 335 Å². The minimum absolute atomic E-state index is 0.00438. The first kappa shape index (κ1) is 43.0. The monoisotopic (exact) mass is 799 g/mol. The lowest BCUT2D eigenvalue weighted by Crippen LogP contribution is -2.38. The highest BCUT2D eigenvalue weighted by Crippen LogP contribution is 2.38. The van der Waals surface area contributed by atoms with Gasteiger partial charge in [-0.2, -0.15) is 0 Å². The number of benzene rings is 2. The molecular weight excluding hydrogens is 750 g/mol. The quantitative estimate of drug-likeness (QED) is 0.0596. The molecule has 0 spiro atoms. The predicted octanol–water partition coefficient (Wildman–Crippen LogP) is 2.35. The summed E-state index contributed by atoms with van der Waals surface area (Å²) in [6.07, 6.45) is 5.50. The van der Waals surface area contributed by atoms with Crippen molar-refractivity contribution in [3.63, 3.8) is 0 Å². The average Bonchev–Trinajstić information content (AvgIpc) is 3.48. The van der Waals surface area contributed by atoms with Gasteiger partial charge in [0.15, 0.2) is 0 Å². The van der Waals surface area contributed by atoms with Crippen LogP contribution in [-0.4, -0.2) is 123 Å². The third-order valence-electron chi connectivity index (χ3n) is 9.64. The van der Waals surface area contributed by atoms with E-state index in [2.05, 4.69) is 20.9 Å². The number of anilines is 1. The number of aromatic nitrogens is 2. The number of methoxy groups -OCH3 is 2. The van der Waals surface area contributed by atoms with Crippen LogP contribution in [0.5, 0.6) is 11.5 Å². The number of amides is 5. The second-order valence-corrected chi connectivity index (χ2v) is 13.7. The molecule has 1 unspecified atom stereocenters. The van der Waals surface area contributed by atoms with E-state index in [-0.39, 0.29) is 42.0 Å². The van der Waals surface area contributed by atoms with Crippen LogP contribution in [0.4, 0.5) is 5.69 Å². The van der Waals surface area contributed by atoms with Gasteiger partial charge in [-0.3, -0.25) is 48.9 Å². The summed E-state index contributed by atoms with van der Waals surface area (Å²) in [5.41, 5.74) is 3.31. The van der Waals surface area contributed by atoms with E-state index in [0.29, 0.717) is 75.0 Å². The molecule has 1 atom stereocenters. The number of pyridine rings is 2. The van der Waals surface area contributed by atoms with Gasteiger partial charge in [0.1, 0.15) is 11.5 Å². The van der Waals surface area contributed by atoms with E-state index in [4.69, 9.17) is 18.9 Å². The molecule has 17 nitrogen and oxygen atoms in total. The summed E-state index contributed by atoms with van der Waals surface area (Å²) in [7, 11) is 6.67. The summed E-state index contributed by atoms with van der Waals surface area (Å²) in [6.45, 7) is 4.07. The Balaban J connectivity index is 1.01. The van der Waals surface area contributed by atoms with Gasteiger partial charge in [-0.15, -0.1) is 0 Å². The van der Waals surface area contributed by atoms with Crippen molar-refractivity contribution in [3.05, 3.63) is 82.0 Å². The maximum Gasteiger partial charge on any atom is 0.263 e. The number of nitrogens with one attached hydrogen (secondary N) is 3. The molecule has 5 rings (SSSR count). The van der Waals surface area contributed by atoms with Crippen molar-refractivity contribution < 1.29 is 42.9 Å². The Hall–Kier alpha value is -6.17. The zero-order valence-corrected chi connectivity index (χ0v) is 33.3. The molecule has 0 bridgehead atoms. The van der Waals surface area contributed by atoms with E-state index < -0.39 is 23.8 Å². The second-order valence-electron chi connectivity index (χ2n) is 13.7. The van der Waals surface area contributed by atoms with E-state index in [1.807, 2.05) is 30.1 Å². The minimum atomic E-state index is -0.540. The molecule has 17 heteroatoms. The largest absolute Gasteiger partial charge is 0.496 e. The Morgan fingerprint density at radius 3 is 2.31 bits per heavy atom. The third-order valence-corrected chi connectivity index (χ3v) is 9.64. The fourth-order valence-electron chi connectivity index (χ4n) is 6.76. The summed E-state index contributed by atoms with van der Waals surface area (Å²) in [5, 5.41) is 9.35. The van der Waals surface area contributed by atoms with Crippen LogP contribution in [0.15, 0.2) is 59.8 Å². The molecule has 2 aromatic heterocycles. The summed E-state index contributed by atoms with van der Waals surface area (Å²) in [4.78, 5) is 81.0. The summed E-state index contributed by atoms with van der Waals surface area (Å²) >= 11 is 0. The molecule has 0 fully saturated rings. The summed E-state index contributed by atoms with van der Waals surface area (Å²) in [6, 6.07) is 10.1. The van der Waals surface area contributed by atoms with Gasteiger partial charge in [-0.25, -0.2) is 0 Å². The highest BCUT2D eigenvalue weighted by Gasteiger charge is 2.40. The van der Waals surface area contributed by atoms with E-state index in [1.165, 1.54) is 4.57 Å². The predicted molar refractivity (Wildman–Crippen MR) is 215 cm³/mol. The smallest absolute Gasteiger partial charge is 0.263 e. The van der Waals surface area contributed by atoms with Crippen molar-refractivity contribution in [2.45, 2.75) is 32.4 Å². The number of carbonyl (C=O) groups is 5. The zero-order valence-electron chi connectivity index (χ0n) is 33.3. The molecule has 0 aliphatic carbocycles. The fourth-order valence-corrected chi connectivity index (χ4v) is 6.76. The average molecular weight is 800 g/mol. The van der Waals surface area contributed by atoms with Crippen LogP contribution in [0.3, 0.4) is 0 Å². The number of carbonyl (C=O) groups excluding carboxylic acids is 5. The number of imide groups is 2. The molecule has 0 radical (unpaired) electrons. The van der Waals surface area contributed by atoms with Gasteiger partial charge in [0.05, 0.1) is 69.3 Å². The molecule has 3 heterocycles. The third kappa shape index (κ3) is 10.2. The molecule has 1 aliphatic rings. The number of likely N-dealkylation sites (N-methyl/N-ethyl adjacent to an activating group) is 1. The highest BCUT2D eigenvalue weighted by atomic mass is 16.5. The molecule has 2 aromatic carbocycles. The number of ether oxygens (including phenoxy) is 4. The van der Waals surface area contributed by atoms with Crippen LogP contribution in [0.2, 0.25) is 0 Å². The molecule has 1 aliphatic heterocycles. The van der Waals surface area contributed by atoms with Crippen molar-refractivity contribution in [2.24, 2.45) is 7.05 Å². The van der Waals surface area contributed by atoms with Gasteiger partial charge in [0, 0.05) is 69.0 Å². The SMILES string of the molecule is COc1cc(-c2cn(C)c(=O)c3cnccc23)cc(OC)c1CN(C)CC(=O)NCCOCCOCCNc1cccc2c1C(=O)N(C(C)CCC(=O)NC=O)C2=O. The molecule has 0 saturated carbocycles. The Morgan fingerprint density at radius 1 is 0.914 bits per heavy atom. The number of rotatable bonds is 22. The van der Waals surface area contributed by atoms with E-state index in [9.17, 15) is 28.8 Å². The summed E-state index contributed by atoms with van der Waals surface area (Å²) < 4.78 is 24.3. The Bertz CT molecular complexity index is 2180. The van der Waals surface area contributed by atoms with Crippen LogP contribution in [0, 0.1) is 0 Å². The lowest BCUT2D eigenvalue weighted by molar-refractivity contribution is -0.125. The topological polar surface area (TPSA) is 200 Å². The van der Waals surface area contributed by atoms with Crippen molar-refractivity contribution >= 4 is 46.5 Å². The molecule has 58 heavy (non-hydrogen) atoms. The summed E-state index contributed by atoms with van der Waals surface area (Å²) in [5.74, 6) is -0.382. The Kier molecular flexibility index (Phi) is 15.0. The number of aryl methyl sites for hydroxylation is 1. The van der Waals surface area contributed by atoms with Crippen LogP contribution in [-0.2, 0) is 37.4 Å². The first-order valence-corrected chi connectivity index (χ1v) is 18.8. The maximum atomic E-state index is 13.2.